The van der Waals surface area contributed by atoms with Gasteiger partial charge in [0.25, 0.3) is 0 Å². The number of benzene rings is 2. The third-order valence-electron chi connectivity index (χ3n) is 2.99. The van der Waals surface area contributed by atoms with Crippen molar-refractivity contribution in [2.24, 2.45) is 5.73 Å². The van der Waals surface area contributed by atoms with Crippen molar-refractivity contribution in [1.29, 1.82) is 0 Å². The first-order valence-corrected chi connectivity index (χ1v) is 7.25. The summed E-state index contributed by atoms with van der Waals surface area (Å²) in [5, 5.41) is 3.21. The Morgan fingerprint density at radius 3 is 2.27 bits per heavy atom. The topological polar surface area (TPSA) is 65.7 Å². The first kappa shape index (κ1) is 16.0. The average molecular weight is 302 g/mol. The van der Waals surface area contributed by atoms with E-state index in [2.05, 4.69) is 5.32 Å². The van der Waals surface area contributed by atoms with Gasteiger partial charge in [-0.2, -0.15) is 0 Å². The molecular weight excluding hydrogens is 280 g/mol. The highest BCUT2D eigenvalue weighted by Crippen LogP contribution is 2.18. The lowest BCUT2D eigenvalue weighted by atomic mass is 10.3. The summed E-state index contributed by atoms with van der Waals surface area (Å²) >= 11 is 0. The molecule has 5 heteroatoms. The number of ether oxygens (including phenoxy) is 3. The minimum absolute atomic E-state index is 0.479. The molecule has 0 spiro atoms. The van der Waals surface area contributed by atoms with Crippen molar-refractivity contribution in [3.63, 3.8) is 0 Å². The molecular formula is C17H22N2O3. The van der Waals surface area contributed by atoms with E-state index in [-0.39, 0.29) is 0 Å². The molecule has 0 unspecified atom stereocenters. The second kappa shape index (κ2) is 8.79. The van der Waals surface area contributed by atoms with Gasteiger partial charge in [0.2, 0.25) is 0 Å². The molecule has 0 aromatic heterocycles. The predicted octanol–water partition coefficient (Wildman–Crippen LogP) is 2.52. The summed E-state index contributed by atoms with van der Waals surface area (Å²) in [4.78, 5) is 0. The van der Waals surface area contributed by atoms with E-state index in [1.165, 1.54) is 0 Å². The SMILES string of the molecule is COc1ccc(OCCOc2cccc(NCCN)c2)cc1. The molecule has 0 aliphatic heterocycles. The molecule has 0 saturated heterocycles. The first-order valence-electron chi connectivity index (χ1n) is 7.25. The zero-order valence-corrected chi connectivity index (χ0v) is 12.7. The number of methoxy groups -OCH3 is 1. The fraction of sp³-hybridized carbons (Fsp3) is 0.294. The van der Waals surface area contributed by atoms with Gasteiger partial charge in [-0.05, 0) is 36.4 Å². The van der Waals surface area contributed by atoms with E-state index < -0.39 is 0 Å². The molecule has 5 nitrogen and oxygen atoms in total. The summed E-state index contributed by atoms with van der Waals surface area (Å²) in [5.41, 5.74) is 6.47. The third-order valence-corrected chi connectivity index (χ3v) is 2.99. The molecule has 0 amide bonds. The summed E-state index contributed by atoms with van der Waals surface area (Å²) < 4.78 is 16.4. The highest BCUT2D eigenvalue weighted by Gasteiger charge is 1.98. The minimum Gasteiger partial charge on any atom is -0.497 e. The second-order valence-corrected chi connectivity index (χ2v) is 4.62. The van der Waals surface area contributed by atoms with Crippen molar-refractivity contribution < 1.29 is 14.2 Å². The fourth-order valence-electron chi connectivity index (χ4n) is 1.90. The van der Waals surface area contributed by atoms with Crippen LogP contribution in [-0.2, 0) is 0 Å². The van der Waals surface area contributed by atoms with Crippen LogP contribution < -0.4 is 25.3 Å². The second-order valence-electron chi connectivity index (χ2n) is 4.62. The normalized spacial score (nSPS) is 10.1. The largest absolute Gasteiger partial charge is 0.497 e. The Morgan fingerprint density at radius 1 is 0.909 bits per heavy atom. The summed E-state index contributed by atoms with van der Waals surface area (Å²) in [6.07, 6.45) is 0. The predicted molar refractivity (Wildman–Crippen MR) is 88.0 cm³/mol. The maximum atomic E-state index is 5.67. The van der Waals surface area contributed by atoms with Crippen LogP contribution in [0, 0.1) is 0 Å². The maximum absolute atomic E-state index is 5.67. The Bertz CT molecular complexity index is 558. The zero-order chi connectivity index (χ0) is 15.6. The molecule has 22 heavy (non-hydrogen) atoms. The average Bonchev–Trinajstić information content (AvgIpc) is 2.58. The van der Waals surface area contributed by atoms with Crippen LogP contribution >= 0.6 is 0 Å². The Kier molecular flexibility index (Phi) is 6.39. The van der Waals surface area contributed by atoms with Gasteiger partial charge < -0.3 is 25.3 Å². The van der Waals surface area contributed by atoms with Gasteiger partial charge >= 0.3 is 0 Å². The van der Waals surface area contributed by atoms with Crippen LogP contribution in [0.3, 0.4) is 0 Å². The van der Waals surface area contributed by atoms with Crippen LogP contribution in [0.25, 0.3) is 0 Å². The fourth-order valence-corrected chi connectivity index (χ4v) is 1.90. The Hall–Kier alpha value is -2.40. The lowest BCUT2D eigenvalue weighted by molar-refractivity contribution is 0.217. The van der Waals surface area contributed by atoms with E-state index >= 15 is 0 Å². The summed E-state index contributed by atoms with van der Waals surface area (Å²) in [5.74, 6) is 2.41. The summed E-state index contributed by atoms with van der Waals surface area (Å²) in [7, 11) is 1.64. The molecule has 118 valence electrons. The molecule has 0 aliphatic rings. The van der Waals surface area contributed by atoms with Gasteiger partial charge in [0.05, 0.1) is 7.11 Å². The van der Waals surface area contributed by atoms with Crippen LogP contribution in [0.15, 0.2) is 48.5 Å². The van der Waals surface area contributed by atoms with E-state index in [9.17, 15) is 0 Å². The Balaban J connectivity index is 1.73. The van der Waals surface area contributed by atoms with Crippen LogP contribution in [-0.4, -0.2) is 33.4 Å². The van der Waals surface area contributed by atoms with Crippen molar-refractivity contribution in [3.8, 4) is 17.2 Å². The standard InChI is InChI=1S/C17H22N2O3/c1-20-15-5-7-16(8-6-15)21-11-12-22-17-4-2-3-14(13-17)19-10-9-18/h2-8,13,19H,9-12,18H2,1H3. The van der Waals surface area contributed by atoms with Crippen molar-refractivity contribution in [2.75, 3.05) is 38.7 Å². The van der Waals surface area contributed by atoms with Crippen LogP contribution in [0.4, 0.5) is 5.69 Å². The quantitative estimate of drug-likeness (QED) is 0.697. The van der Waals surface area contributed by atoms with E-state index in [0.29, 0.717) is 19.8 Å². The Morgan fingerprint density at radius 2 is 1.59 bits per heavy atom. The van der Waals surface area contributed by atoms with E-state index in [4.69, 9.17) is 19.9 Å². The summed E-state index contributed by atoms with van der Waals surface area (Å²) in [6.45, 7) is 2.30. The van der Waals surface area contributed by atoms with Gasteiger partial charge in [0, 0.05) is 24.8 Å². The van der Waals surface area contributed by atoms with Crippen molar-refractivity contribution in [3.05, 3.63) is 48.5 Å². The number of nitrogens with one attached hydrogen (secondary N) is 1. The molecule has 0 fully saturated rings. The smallest absolute Gasteiger partial charge is 0.122 e. The monoisotopic (exact) mass is 302 g/mol. The maximum Gasteiger partial charge on any atom is 0.122 e. The van der Waals surface area contributed by atoms with Gasteiger partial charge in [0.1, 0.15) is 30.5 Å². The lowest BCUT2D eigenvalue weighted by Crippen LogP contribution is -2.13. The summed E-state index contributed by atoms with van der Waals surface area (Å²) in [6, 6.07) is 15.3. The first-order chi connectivity index (χ1) is 10.8. The van der Waals surface area contributed by atoms with E-state index in [0.717, 1.165) is 29.5 Å². The van der Waals surface area contributed by atoms with Gasteiger partial charge in [-0.25, -0.2) is 0 Å². The van der Waals surface area contributed by atoms with Crippen LogP contribution in [0.1, 0.15) is 0 Å². The highest BCUT2D eigenvalue weighted by molar-refractivity contribution is 5.48. The highest BCUT2D eigenvalue weighted by atomic mass is 16.5. The molecule has 3 N–H and O–H groups in total. The molecule has 0 heterocycles. The number of hydrogen-bond acceptors (Lipinski definition) is 5. The third kappa shape index (κ3) is 5.18. The molecule has 2 rings (SSSR count). The number of rotatable bonds is 9. The molecule has 0 radical (unpaired) electrons. The van der Waals surface area contributed by atoms with Gasteiger partial charge in [-0.15, -0.1) is 0 Å². The van der Waals surface area contributed by atoms with Gasteiger partial charge in [-0.1, -0.05) is 6.07 Å². The molecule has 0 aliphatic carbocycles. The van der Waals surface area contributed by atoms with Gasteiger partial charge in [0.15, 0.2) is 0 Å². The molecule has 0 saturated carbocycles. The zero-order valence-electron chi connectivity index (χ0n) is 12.7. The minimum atomic E-state index is 0.479. The van der Waals surface area contributed by atoms with E-state index in [1.807, 2.05) is 48.5 Å². The van der Waals surface area contributed by atoms with Crippen LogP contribution in [0.2, 0.25) is 0 Å². The number of hydrogen-bond donors (Lipinski definition) is 2. The van der Waals surface area contributed by atoms with Crippen molar-refractivity contribution in [1.82, 2.24) is 0 Å². The lowest BCUT2D eigenvalue weighted by Gasteiger charge is -2.10. The Labute approximate surface area is 131 Å². The van der Waals surface area contributed by atoms with Crippen LogP contribution in [0.5, 0.6) is 17.2 Å². The number of nitrogens with two attached hydrogens (primary N) is 1. The molecule has 0 atom stereocenters. The van der Waals surface area contributed by atoms with Crippen molar-refractivity contribution >= 4 is 5.69 Å². The molecule has 0 bridgehead atoms. The van der Waals surface area contributed by atoms with Crippen molar-refractivity contribution in [2.45, 2.75) is 0 Å². The van der Waals surface area contributed by atoms with E-state index in [1.54, 1.807) is 7.11 Å². The number of anilines is 1. The molecule has 2 aromatic carbocycles. The van der Waals surface area contributed by atoms with Gasteiger partial charge in [-0.3, -0.25) is 0 Å². The molecule has 2 aromatic rings.